The Bertz CT molecular complexity index is 1170. The molecule has 2 aromatic rings. The summed E-state index contributed by atoms with van der Waals surface area (Å²) in [6, 6.07) is 14.2. The molecule has 5 unspecified atom stereocenters. The van der Waals surface area contributed by atoms with Crippen LogP contribution in [0.1, 0.15) is 37.0 Å². The Morgan fingerprint density at radius 3 is 2.68 bits per heavy atom. The van der Waals surface area contributed by atoms with Gasteiger partial charge < -0.3 is 34.8 Å². The van der Waals surface area contributed by atoms with Crippen LogP contribution in [0.4, 0.5) is 0 Å². The predicted molar refractivity (Wildman–Crippen MR) is 136 cm³/mol. The van der Waals surface area contributed by atoms with Crippen LogP contribution in [-0.2, 0) is 16.1 Å². The van der Waals surface area contributed by atoms with Crippen molar-refractivity contribution in [2.75, 3.05) is 19.9 Å². The molecular weight excluding hydrogens is 474 g/mol. The highest BCUT2D eigenvalue weighted by Crippen LogP contribution is 2.43. The first-order valence-corrected chi connectivity index (χ1v) is 12.7. The van der Waals surface area contributed by atoms with Gasteiger partial charge in [0.15, 0.2) is 11.5 Å². The van der Waals surface area contributed by atoms with Gasteiger partial charge in [0.2, 0.25) is 12.7 Å². The fraction of sp³-hybridized carbons (Fsp3) is 0.429. The number of carbonyl (C=O) groups excluding carboxylic acids is 1. The minimum absolute atomic E-state index is 0.0116. The molecule has 5 atom stereocenters. The van der Waals surface area contributed by atoms with E-state index in [1.165, 1.54) is 4.90 Å². The van der Waals surface area contributed by atoms with E-state index in [0.717, 1.165) is 5.56 Å². The van der Waals surface area contributed by atoms with E-state index in [-0.39, 0.29) is 31.3 Å². The highest BCUT2D eigenvalue weighted by atomic mass is 16.7. The lowest BCUT2D eigenvalue weighted by atomic mass is 9.87. The minimum Gasteiger partial charge on any atom is -0.480 e. The van der Waals surface area contributed by atoms with Crippen molar-refractivity contribution in [3.8, 4) is 11.5 Å². The molecule has 9 nitrogen and oxygen atoms in total. The highest BCUT2D eigenvalue weighted by molar-refractivity contribution is 5.85. The summed E-state index contributed by atoms with van der Waals surface area (Å²) < 4.78 is 10.9. The first kappa shape index (κ1) is 25.1. The van der Waals surface area contributed by atoms with E-state index in [2.05, 4.69) is 11.9 Å². The summed E-state index contributed by atoms with van der Waals surface area (Å²) in [4.78, 5) is 28.2. The number of fused-ring (bicyclic) bond motifs is 1. The zero-order valence-electron chi connectivity index (χ0n) is 20.9. The Kier molecular flexibility index (Phi) is 7.08. The predicted octanol–water partition coefficient (Wildman–Crippen LogP) is 2.52. The quantitative estimate of drug-likeness (QED) is 0.500. The number of aliphatic hydroxyl groups is 1. The van der Waals surface area contributed by atoms with Crippen molar-refractivity contribution in [1.82, 2.24) is 15.1 Å². The number of aliphatic hydroxyl groups excluding tert-OH is 1. The number of ether oxygens (including phenoxy) is 2. The van der Waals surface area contributed by atoms with Crippen LogP contribution in [0.15, 0.2) is 60.8 Å². The summed E-state index contributed by atoms with van der Waals surface area (Å²) in [6.07, 6.45) is 0.229. The van der Waals surface area contributed by atoms with Gasteiger partial charge >= 0.3 is 5.97 Å². The molecule has 2 saturated heterocycles. The number of hydrogen-bond donors (Lipinski definition) is 3. The standard InChI is InChI=1S/C28H33N3O6/c1-17-25(27(33)20-10-11-22-23(13-20)37-16-36-22)26(29-14-19-7-4-3-5-8-19)18(2)31(17)15-24(32)30-12-6-9-21(30)28(34)35/h3-5,7-8,10-11,13,18,21,25-27,29,33H,1,6,9,12,14-16H2,2H3,(H,34,35). The zero-order chi connectivity index (χ0) is 26.1. The van der Waals surface area contributed by atoms with E-state index in [1.807, 2.05) is 48.2 Å². The molecule has 0 saturated carbocycles. The molecule has 0 bridgehead atoms. The fourth-order valence-corrected chi connectivity index (χ4v) is 5.77. The number of aliphatic carboxylic acids is 1. The molecule has 3 heterocycles. The molecule has 9 heteroatoms. The van der Waals surface area contributed by atoms with Gasteiger partial charge in [-0.1, -0.05) is 43.0 Å². The van der Waals surface area contributed by atoms with Crippen LogP contribution >= 0.6 is 0 Å². The van der Waals surface area contributed by atoms with E-state index < -0.39 is 24.0 Å². The summed E-state index contributed by atoms with van der Waals surface area (Å²) in [5.74, 6) is -0.404. The van der Waals surface area contributed by atoms with Gasteiger partial charge in [0.1, 0.15) is 6.04 Å². The lowest BCUT2D eigenvalue weighted by molar-refractivity contribution is -0.148. The van der Waals surface area contributed by atoms with Crippen molar-refractivity contribution < 1.29 is 29.3 Å². The van der Waals surface area contributed by atoms with Crippen molar-refractivity contribution >= 4 is 11.9 Å². The zero-order valence-corrected chi connectivity index (χ0v) is 20.9. The summed E-state index contributed by atoms with van der Waals surface area (Å²) in [5, 5.41) is 24.7. The lowest BCUT2D eigenvalue weighted by Gasteiger charge is -2.30. The third-order valence-corrected chi connectivity index (χ3v) is 7.78. The van der Waals surface area contributed by atoms with Crippen molar-refractivity contribution in [3.63, 3.8) is 0 Å². The van der Waals surface area contributed by atoms with Crippen molar-refractivity contribution in [1.29, 1.82) is 0 Å². The molecule has 2 fully saturated rings. The monoisotopic (exact) mass is 507 g/mol. The number of carbonyl (C=O) groups is 2. The molecular formula is C28H33N3O6. The Morgan fingerprint density at radius 2 is 1.92 bits per heavy atom. The van der Waals surface area contributed by atoms with Gasteiger partial charge in [0.05, 0.1) is 12.6 Å². The van der Waals surface area contributed by atoms with Gasteiger partial charge in [-0.2, -0.15) is 0 Å². The largest absolute Gasteiger partial charge is 0.480 e. The van der Waals surface area contributed by atoms with Crippen molar-refractivity contribution in [2.24, 2.45) is 5.92 Å². The van der Waals surface area contributed by atoms with Gasteiger partial charge in [0, 0.05) is 36.8 Å². The van der Waals surface area contributed by atoms with Crippen LogP contribution in [0.2, 0.25) is 0 Å². The Balaban J connectivity index is 1.39. The number of nitrogens with zero attached hydrogens (tertiary/aromatic N) is 2. The molecule has 3 N–H and O–H groups in total. The summed E-state index contributed by atoms with van der Waals surface area (Å²) in [5.41, 5.74) is 2.42. The normalized spacial score (nSPS) is 25.5. The molecule has 0 aliphatic carbocycles. The number of amides is 1. The van der Waals surface area contributed by atoms with Gasteiger partial charge in [-0.3, -0.25) is 4.79 Å². The Labute approximate surface area is 216 Å². The van der Waals surface area contributed by atoms with E-state index >= 15 is 0 Å². The van der Waals surface area contributed by atoms with Crippen molar-refractivity contribution in [3.05, 3.63) is 71.9 Å². The van der Waals surface area contributed by atoms with Crippen LogP contribution in [0.3, 0.4) is 0 Å². The van der Waals surface area contributed by atoms with Gasteiger partial charge in [-0.05, 0) is 43.0 Å². The number of rotatable bonds is 8. The van der Waals surface area contributed by atoms with E-state index in [4.69, 9.17) is 9.47 Å². The average molecular weight is 508 g/mol. The topological polar surface area (TPSA) is 112 Å². The third-order valence-electron chi connectivity index (χ3n) is 7.78. The van der Waals surface area contributed by atoms with E-state index in [1.54, 1.807) is 12.1 Å². The maximum Gasteiger partial charge on any atom is 0.326 e. The second-order valence-corrected chi connectivity index (χ2v) is 9.92. The number of likely N-dealkylation sites (tertiary alicyclic amines) is 2. The Hall–Kier alpha value is -3.56. The van der Waals surface area contributed by atoms with Gasteiger partial charge in [0.25, 0.3) is 0 Å². The molecule has 5 rings (SSSR count). The molecule has 196 valence electrons. The average Bonchev–Trinajstić information content (AvgIpc) is 3.62. The maximum absolute atomic E-state index is 13.2. The SMILES string of the molecule is C=C1C(C(O)c2ccc3c(c2)OCO3)C(NCc2ccccc2)C(C)N1CC(=O)N1CCCC1C(=O)O. The smallest absolute Gasteiger partial charge is 0.326 e. The van der Waals surface area contributed by atoms with Gasteiger partial charge in [-0.25, -0.2) is 4.79 Å². The summed E-state index contributed by atoms with van der Waals surface area (Å²) in [6.45, 7) is 7.49. The fourth-order valence-electron chi connectivity index (χ4n) is 5.77. The minimum atomic E-state index is -0.974. The first-order valence-electron chi connectivity index (χ1n) is 12.7. The van der Waals surface area contributed by atoms with Crippen LogP contribution in [0.5, 0.6) is 11.5 Å². The molecule has 2 aromatic carbocycles. The second kappa shape index (κ2) is 10.4. The van der Waals surface area contributed by atoms with Crippen LogP contribution < -0.4 is 14.8 Å². The Morgan fingerprint density at radius 1 is 1.16 bits per heavy atom. The van der Waals surface area contributed by atoms with Gasteiger partial charge in [-0.15, -0.1) is 0 Å². The first-order chi connectivity index (χ1) is 17.8. The number of carboxylic acid groups (broad SMARTS) is 1. The van der Waals surface area contributed by atoms with Crippen LogP contribution in [0, 0.1) is 5.92 Å². The molecule has 3 aliphatic heterocycles. The molecule has 1 amide bonds. The van der Waals surface area contributed by atoms with E-state index in [0.29, 0.717) is 48.7 Å². The summed E-state index contributed by atoms with van der Waals surface area (Å²) in [7, 11) is 0. The number of hydrogen-bond acceptors (Lipinski definition) is 7. The third kappa shape index (κ3) is 4.89. The van der Waals surface area contributed by atoms with E-state index in [9.17, 15) is 19.8 Å². The molecule has 37 heavy (non-hydrogen) atoms. The number of carboxylic acids is 1. The number of benzene rings is 2. The molecule has 0 radical (unpaired) electrons. The van der Waals surface area contributed by atoms with Crippen LogP contribution in [0.25, 0.3) is 0 Å². The second-order valence-electron chi connectivity index (χ2n) is 9.92. The number of nitrogens with one attached hydrogen (secondary N) is 1. The molecule has 0 aromatic heterocycles. The van der Waals surface area contributed by atoms with Crippen LogP contribution in [-0.4, -0.2) is 69.9 Å². The molecule has 3 aliphatic rings. The maximum atomic E-state index is 13.2. The highest BCUT2D eigenvalue weighted by Gasteiger charge is 2.47. The lowest BCUT2D eigenvalue weighted by Crippen LogP contribution is -2.48. The summed E-state index contributed by atoms with van der Waals surface area (Å²) >= 11 is 0. The van der Waals surface area contributed by atoms with Crippen molar-refractivity contribution in [2.45, 2.75) is 50.5 Å². The molecule has 0 spiro atoms.